The second-order valence-corrected chi connectivity index (χ2v) is 4.33. The predicted octanol–water partition coefficient (Wildman–Crippen LogP) is -1.14. The van der Waals surface area contributed by atoms with E-state index < -0.39 is 0 Å². The van der Waals surface area contributed by atoms with Gasteiger partial charge in [-0.15, -0.1) is 0 Å². The summed E-state index contributed by atoms with van der Waals surface area (Å²) in [7, 11) is 1.98. The fraction of sp³-hybridized carbons (Fsp3) is 1.00. The molecule has 0 radical (unpaired) electrons. The fourth-order valence-corrected chi connectivity index (χ4v) is 1.99. The molecule has 0 atom stereocenters. The van der Waals surface area contributed by atoms with Gasteiger partial charge >= 0.3 is 0 Å². The molecule has 0 spiro atoms. The molecule has 100 valence electrons. The summed E-state index contributed by atoms with van der Waals surface area (Å²) in [6, 6.07) is 0. The van der Waals surface area contributed by atoms with Crippen LogP contribution in [0.5, 0.6) is 0 Å². The molecule has 1 aliphatic heterocycles. The lowest BCUT2D eigenvalue weighted by atomic mass is 10.3. The van der Waals surface area contributed by atoms with Crippen LogP contribution in [0.2, 0.25) is 0 Å². The first-order valence-corrected chi connectivity index (χ1v) is 6.37. The molecule has 0 saturated carbocycles. The Kier molecular flexibility index (Phi) is 7.71. The molecule has 0 aromatic heterocycles. The van der Waals surface area contributed by atoms with Crippen LogP contribution in [-0.2, 0) is 0 Å². The van der Waals surface area contributed by atoms with E-state index in [0.29, 0.717) is 0 Å². The number of hydrogen-bond donors (Lipinski definition) is 3. The number of rotatable bonds is 8. The molecule has 1 heterocycles. The van der Waals surface area contributed by atoms with Crippen LogP contribution in [0.3, 0.4) is 0 Å². The quantitative estimate of drug-likeness (QED) is 0.463. The smallest absolute Gasteiger partial charge is 0.0110 e. The first-order valence-electron chi connectivity index (χ1n) is 6.37. The lowest BCUT2D eigenvalue weighted by molar-refractivity contribution is 0.136. The van der Waals surface area contributed by atoms with E-state index >= 15 is 0 Å². The number of nitrogens with zero attached hydrogens (tertiary/aromatic N) is 2. The third kappa shape index (κ3) is 5.77. The first kappa shape index (κ1) is 13.9. The molecule has 0 aromatic rings. The Labute approximate surface area is 102 Å². The van der Waals surface area contributed by atoms with E-state index in [2.05, 4.69) is 20.4 Å². The van der Waals surface area contributed by atoms with Crippen molar-refractivity contribution in [3.63, 3.8) is 0 Å². The van der Waals surface area contributed by atoms with E-state index in [4.69, 9.17) is 5.73 Å². The van der Waals surface area contributed by atoms with Gasteiger partial charge in [-0.25, -0.2) is 0 Å². The number of likely N-dealkylation sites (N-methyl/N-ethyl adjacent to an activating group) is 1. The Morgan fingerprint density at radius 1 is 1.00 bits per heavy atom. The van der Waals surface area contributed by atoms with Gasteiger partial charge in [-0.1, -0.05) is 0 Å². The third-order valence-electron chi connectivity index (χ3n) is 3.07. The largest absolute Gasteiger partial charge is 0.329 e. The van der Waals surface area contributed by atoms with Crippen LogP contribution < -0.4 is 16.4 Å². The second kappa shape index (κ2) is 8.90. The van der Waals surface area contributed by atoms with Crippen molar-refractivity contribution in [2.75, 3.05) is 72.5 Å². The number of nitrogens with one attached hydrogen (secondary N) is 2. The molecule has 5 heteroatoms. The highest BCUT2D eigenvalue weighted by Crippen LogP contribution is 1.99. The summed E-state index contributed by atoms with van der Waals surface area (Å²) in [5.41, 5.74) is 5.55. The fourth-order valence-electron chi connectivity index (χ4n) is 1.99. The highest BCUT2D eigenvalue weighted by Gasteiger charge is 2.14. The lowest BCUT2D eigenvalue weighted by Crippen LogP contribution is -2.49. The highest BCUT2D eigenvalue weighted by molar-refractivity contribution is 4.72. The minimum absolute atomic E-state index is 0. The Morgan fingerprint density at radius 3 is 2.19 bits per heavy atom. The number of piperazine rings is 1. The van der Waals surface area contributed by atoms with E-state index in [1.807, 2.05) is 7.05 Å². The molecular formula is C11H31N5. The van der Waals surface area contributed by atoms with Crippen molar-refractivity contribution < 1.29 is 2.85 Å². The van der Waals surface area contributed by atoms with Crippen LogP contribution in [0, 0.1) is 0 Å². The summed E-state index contributed by atoms with van der Waals surface area (Å²) < 4.78 is 0. The van der Waals surface area contributed by atoms with E-state index in [-0.39, 0.29) is 2.85 Å². The molecule has 1 rings (SSSR count). The predicted molar refractivity (Wildman–Crippen MR) is 73.0 cm³/mol. The van der Waals surface area contributed by atoms with Crippen LogP contribution in [0.4, 0.5) is 0 Å². The van der Waals surface area contributed by atoms with E-state index in [1.54, 1.807) is 0 Å². The summed E-state index contributed by atoms with van der Waals surface area (Å²) in [6.07, 6.45) is 0. The summed E-state index contributed by atoms with van der Waals surface area (Å²) in [6.45, 7) is 10.9. The van der Waals surface area contributed by atoms with E-state index in [9.17, 15) is 0 Å². The Morgan fingerprint density at radius 2 is 1.62 bits per heavy atom. The summed E-state index contributed by atoms with van der Waals surface area (Å²) in [5, 5.41) is 6.56. The molecule has 0 amide bonds. The zero-order chi connectivity index (χ0) is 11.6. The standard InChI is InChI=1S/C11H27N5.2H2/c1-13-3-4-14-5-7-16-10-8-15(6-2-12)9-11-16;;/h13-14H,2-12H2,1H3;2*1H. The maximum Gasteiger partial charge on any atom is 0.0110 e. The molecule has 0 bridgehead atoms. The van der Waals surface area contributed by atoms with Crippen molar-refractivity contribution >= 4 is 0 Å². The van der Waals surface area contributed by atoms with Gasteiger partial charge < -0.3 is 16.4 Å². The molecule has 1 aliphatic rings. The Balaban J connectivity index is 0. The van der Waals surface area contributed by atoms with Crippen molar-refractivity contribution in [2.24, 2.45) is 5.73 Å². The summed E-state index contributed by atoms with van der Waals surface area (Å²) >= 11 is 0. The van der Waals surface area contributed by atoms with Gasteiger partial charge in [-0.3, -0.25) is 9.80 Å². The zero-order valence-electron chi connectivity index (χ0n) is 10.5. The third-order valence-corrected chi connectivity index (χ3v) is 3.07. The average Bonchev–Trinajstić information content (AvgIpc) is 2.31. The van der Waals surface area contributed by atoms with Gasteiger partial charge in [0, 0.05) is 68.3 Å². The molecule has 4 N–H and O–H groups in total. The van der Waals surface area contributed by atoms with Crippen molar-refractivity contribution in [3.8, 4) is 0 Å². The molecule has 0 aliphatic carbocycles. The Hall–Kier alpha value is -0.200. The summed E-state index contributed by atoms with van der Waals surface area (Å²) in [5.74, 6) is 0. The molecule has 1 saturated heterocycles. The second-order valence-electron chi connectivity index (χ2n) is 4.33. The van der Waals surface area contributed by atoms with Gasteiger partial charge in [0.05, 0.1) is 0 Å². The van der Waals surface area contributed by atoms with E-state index in [0.717, 1.165) is 32.7 Å². The van der Waals surface area contributed by atoms with Gasteiger partial charge in [0.25, 0.3) is 0 Å². The van der Waals surface area contributed by atoms with Gasteiger partial charge in [0.2, 0.25) is 0 Å². The molecule has 0 unspecified atom stereocenters. The Bertz CT molecular complexity index is 166. The number of nitrogens with two attached hydrogens (primary N) is 1. The van der Waals surface area contributed by atoms with Crippen LogP contribution in [0.1, 0.15) is 2.85 Å². The topological polar surface area (TPSA) is 56.6 Å². The number of hydrogen-bond acceptors (Lipinski definition) is 5. The minimum atomic E-state index is 0. The van der Waals surface area contributed by atoms with Crippen molar-refractivity contribution in [1.29, 1.82) is 0 Å². The maximum absolute atomic E-state index is 5.55. The van der Waals surface area contributed by atoms with Crippen LogP contribution in [-0.4, -0.2) is 82.3 Å². The van der Waals surface area contributed by atoms with Gasteiger partial charge in [0.1, 0.15) is 0 Å². The van der Waals surface area contributed by atoms with Gasteiger partial charge in [0.15, 0.2) is 0 Å². The van der Waals surface area contributed by atoms with Crippen molar-refractivity contribution in [2.45, 2.75) is 0 Å². The molecule has 0 aromatic carbocycles. The van der Waals surface area contributed by atoms with Crippen molar-refractivity contribution in [1.82, 2.24) is 20.4 Å². The van der Waals surface area contributed by atoms with Crippen molar-refractivity contribution in [3.05, 3.63) is 0 Å². The zero-order valence-corrected chi connectivity index (χ0v) is 10.5. The summed E-state index contributed by atoms with van der Waals surface area (Å²) in [4.78, 5) is 4.98. The normalized spacial score (nSPS) is 19.1. The van der Waals surface area contributed by atoms with Crippen LogP contribution >= 0.6 is 0 Å². The average molecular weight is 233 g/mol. The van der Waals surface area contributed by atoms with Crippen LogP contribution in [0.15, 0.2) is 0 Å². The van der Waals surface area contributed by atoms with Gasteiger partial charge in [-0.05, 0) is 7.05 Å². The molecular weight excluding hydrogens is 202 g/mol. The molecule has 1 fully saturated rings. The van der Waals surface area contributed by atoms with E-state index in [1.165, 1.54) is 32.7 Å². The van der Waals surface area contributed by atoms with Gasteiger partial charge in [-0.2, -0.15) is 0 Å². The monoisotopic (exact) mass is 233 g/mol. The minimum Gasteiger partial charge on any atom is -0.329 e. The molecule has 5 nitrogen and oxygen atoms in total. The molecule has 16 heavy (non-hydrogen) atoms. The lowest BCUT2D eigenvalue weighted by Gasteiger charge is -2.34. The maximum atomic E-state index is 5.55. The first-order chi connectivity index (χ1) is 7.86. The van der Waals surface area contributed by atoms with Crippen LogP contribution in [0.25, 0.3) is 0 Å². The highest BCUT2D eigenvalue weighted by atomic mass is 15.3. The SMILES string of the molecule is CNCCNCCN1CCN(CCN)CC1.[HH].[HH].